The molecule has 0 aromatic heterocycles. The zero-order valence-corrected chi connectivity index (χ0v) is 9.44. The first-order chi connectivity index (χ1) is 7.67. The third-order valence-corrected chi connectivity index (χ3v) is 2.20. The van der Waals surface area contributed by atoms with Crippen LogP contribution in [-0.2, 0) is 11.3 Å². The molecule has 0 spiro atoms. The fourth-order valence-electron chi connectivity index (χ4n) is 1.38. The van der Waals surface area contributed by atoms with Crippen molar-refractivity contribution >= 4 is 5.97 Å². The molecule has 1 aromatic carbocycles. The molecule has 0 radical (unpaired) electrons. The third kappa shape index (κ3) is 2.25. The van der Waals surface area contributed by atoms with Gasteiger partial charge in [-0.05, 0) is 6.07 Å². The molecule has 0 saturated heterocycles. The van der Waals surface area contributed by atoms with E-state index in [0.717, 1.165) is 0 Å². The maximum absolute atomic E-state index is 11.5. The summed E-state index contributed by atoms with van der Waals surface area (Å²) < 4.78 is 14.7. The summed E-state index contributed by atoms with van der Waals surface area (Å²) in [6.45, 7) is -0.308. The van der Waals surface area contributed by atoms with Crippen LogP contribution < -0.4 is 9.47 Å². The van der Waals surface area contributed by atoms with Crippen LogP contribution in [0.5, 0.6) is 11.5 Å². The van der Waals surface area contributed by atoms with Crippen molar-refractivity contribution in [2.75, 3.05) is 21.3 Å². The quantitative estimate of drug-likeness (QED) is 0.775. The predicted octanol–water partition coefficient (Wildman–Crippen LogP) is 0.983. The van der Waals surface area contributed by atoms with Crippen LogP contribution in [0.3, 0.4) is 0 Å². The third-order valence-electron chi connectivity index (χ3n) is 2.20. The van der Waals surface area contributed by atoms with Gasteiger partial charge in [-0.25, -0.2) is 4.79 Å². The van der Waals surface area contributed by atoms with E-state index in [1.165, 1.54) is 27.4 Å². The van der Waals surface area contributed by atoms with Crippen molar-refractivity contribution in [3.05, 3.63) is 23.3 Å². The summed E-state index contributed by atoms with van der Waals surface area (Å²) in [5.74, 6) is 0.318. The van der Waals surface area contributed by atoms with Crippen molar-refractivity contribution in [2.24, 2.45) is 0 Å². The van der Waals surface area contributed by atoms with E-state index in [2.05, 4.69) is 4.74 Å². The molecule has 0 unspecified atom stereocenters. The standard InChI is InChI=1S/C11H14O5/c1-14-7-4-8(11(13)16-3)9(6-12)10(5-7)15-2/h4-5,12H,6H2,1-3H3. The molecule has 5 nitrogen and oxygen atoms in total. The van der Waals surface area contributed by atoms with E-state index in [4.69, 9.17) is 9.47 Å². The summed E-state index contributed by atoms with van der Waals surface area (Å²) in [6, 6.07) is 3.10. The van der Waals surface area contributed by atoms with Gasteiger partial charge in [-0.2, -0.15) is 0 Å². The van der Waals surface area contributed by atoms with Crippen molar-refractivity contribution in [1.29, 1.82) is 0 Å². The minimum absolute atomic E-state index is 0.237. The van der Waals surface area contributed by atoms with Gasteiger partial charge < -0.3 is 19.3 Å². The molecule has 0 atom stereocenters. The molecular formula is C11H14O5. The lowest BCUT2D eigenvalue weighted by Gasteiger charge is -2.12. The van der Waals surface area contributed by atoms with Gasteiger partial charge in [0, 0.05) is 11.6 Å². The number of aliphatic hydroxyl groups excluding tert-OH is 1. The molecule has 0 aliphatic rings. The van der Waals surface area contributed by atoms with Crippen LogP contribution in [0.25, 0.3) is 0 Å². The zero-order chi connectivity index (χ0) is 12.1. The lowest BCUT2D eigenvalue weighted by atomic mass is 10.1. The number of hydrogen-bond acceptors (Lipinski definition) is 5. The molecule has 5 heteroatoms. The monoisotopic (exact) mass is 226 g/mol. The zero-order valence-electron chi connectivity index (χ0n) is 9.44. The summed E-state index contributed by atoms with van der Waals surface area (Å²) >= 11 is 0. The number of methoxy groups -OCH3 is 3. The number of hydrogen-bond donors (Lipinski definition) is 1. The van der Waals surface area contributed by atoms with E-state index in [9.17, 15) is 9.90 Å². The van der Waals surface area contributed by atoms with E-state index in [0.29, 0.717) is 17.1 Å². The van der Waals surface area contributed by atoms with Crippen LogP contribution in [0.2, 0.25) is 0 Å². The van der Waals surface area contributed by atoms with Gasteiger partial charge in [0.25, 0.3) is 0 Å². The lowest BCUT2D eigenvalue weighted by molar-refractivity contribution is 0.0596. The van der Waals surface area contributed by atoms with Crippen LogP contribution in [0.1, 0.15) is 15.9 Å². The van der Waals surface area contributed by atoms with Crippen LogP contribution in [0.4, 0.5) is 0 Å². The Bertz CT molecular complexity index is 386. The summed E-state index contributed by atoms with van der Waals surface area (Å²) in [7, 11) is 4.21. The first-order valence-corrected chi connectivity index (χ1v) is 4.62. The van der Waals surface area contributed by atoms with Gasteiger partial charge in [0.2, 0.25) is 0 Å². The van der Waals surface area contributed by atoms with E-state index in [1.807, 2.05) is 0 Å². The molecule has 88 valence electrons. The second kappa shape index (κ2) is 5.37. The Morgan fingerprint density at radius 1 is 1.25 bits per heavy atom. The number of benzene rings is 1. The van der Waals surface area contributed by atoms with Crippen molar-refractivity contribution < 1.29 is 24.1 Å². The van der Waals surface area contributed by atoms with Gasteiger partial charge in [-0.1, -0.05) is 0 Å². The van der Waals surface area contributed by atoms with Crippen molar-refractivity contribution in [2.45, 2.75) is 6.61 Å². The average Bonchev–Trinajstić information content (AvgIpc) is 2.35. The number of carbonyl (C=O) groups excluding carboxylic acids is 1. The highest BCUT2D eigenvalue weighted by atomic mass is 16.5. The lowest BCUT2D eigenvalue weighted by Crippen LogP contribution is -2.08. The van der Waals surface area contributed by atoms with E-state index >= 15 is 0 Å². The fourth-order valence-corrected chi connectivity index (χ4v) is 1.38. The summed E-state index contributed by atoms with van der Waals surface area (Å²) in [6.07, 6.45) is 0. The maximum Gasteiger partial charge on any atom is 0.338 e. The number of carbonyl (C=O) groups is 1. The molecule has 1 aromatic rings. The molecule has 0 heterocycles. The Morgan fingerprint density at radius 2 is 1.94 bits per heavy atom. The van der Waals surface area contributed by atoms with Crippen LogP contribution in [0.15, 0.2) is 12.1 Å². The van der Waals surface area contributed by atoms with Gasteiger partial charge in [0.1, 0.15) is 11.5 Å². The number of esters is 1. The first-order valence-electron chi connectivity index (χ1n) is 4.62. The Labute approximate surface area is 93.6 Å². The molecule has 0 aliphatic carbocycles. The summed E-state index contributed by atoms with van der Waals surface area (Å²) in [5.41, 5.74) is 0.622. The second-order valence-corrected chi connectivity index (χ2v) is 3.01. The predicted molar refractivity (Wildman–Crippen MR) is 56.8 cm³/mol. The highest BCUT2D eigenvalue weighted by molar-refractivity contribution is 5.92. The number of aliphatic hydroxyl groups is 1. The molecule has 16 heavy (non-hydrogen) atoms. The molecule has 0 amide bonds. The molecule has 0 bridgehead atoms. The molecule has 1 N–H and O–H groups in total. The molecular weight excluding hydrogens is 212 g/mol. The molecule has 0 saturated carbocycles. The smallest absolute Gasteiger partial charge is 0.338 e. The minimum Gasteiger partial charge on any atom is -0.497 e. The Hall–Kier alpha value is -1.75. The molecule has 0 fully saturated rings. The highest BCUT2D eigenvalue weighted by Crippen LogP contribution is 2.29. The topological polar surface area (TPSA) is 65.0 Å². The number of rotatable bonds is 4. The first kappa shape index (κ1) is 12.3. The largest absolute Gasteiger partial charge is 0.497 e. The van der Waals surface area contributed by atoms with Gasteiger partial charge >= 0.3 is 5.97 Å². The van der Waals surface area contributed by atoms with Crippen LogP contribution in [0, 0.1) is 0 Å². The highest BCUT2D eigenvalue weighted by Gasteiger charge is 2.17. The van der Waals surface area contributed by atoms with E-state index < -0.39 is 5.97 Å². The summed E-state index contributed by atoms with van der Waals surface area (Å²) in [4.78, 5) is 11.5. The molecule has 1 rings (SSSR count). The summed E-state index contributed by atoms with van der Waals surface area (Å²) in [5, 5.41) is 9.21. The van der Waals surface area contributed by atoms with Gasteiger partial charge in [-0.15, -0.1) is 0 Å². The van der Waals surface area contributed by atoms with Crippen molar-refractivity contribution in [3.8, 4) is 11.5 Å². The number of ether oxygens (including phenoxy) is 3. The van der Waals surface area contributed by atoms with Gasteiger partial charge in [-0.3, -0.25) is 0 Å². The Morgan fingerprint density at radius 3 is 2.38 bits per heavy atom. The van der Waals surface area contributed by atoms with E-state index in [-0.39, 0.29) is 12.2 Å². The Balaban J connectivity index is 3.36. The van der Waals surface area contributed by atoms with Gasteiger partial charge in [0.15, 0.2) is 0 Å². The minimum atomic E-state index is -0.541. The normalized spacial score (nSPS) is 9.75. The van der Waals surface area contributed by atoms with Gasteiger partial charge in [0.05, 0.1) is 33.5 Å². The van der Waals surface area contributed by atoms with Crippen LogP contribution in [-0.4, -0.2) is 32.4 Å². The molecule has 0 aliphatic heterocycles. The maximum atomic E-state index is 11.5. The Kier molecular flexibility index (Phi) is 4.13. The SMILES string of the molecule is COC(=O)c1cc(OC)cc(OC)c1CO. The van der Waals surface area contributed by atoms with Crippen molar-refractivity contribution in [1.82, 2.24) is 0 Å². The van der Waals surface area contributed by atoms with Crippen LogP contribution >= 0.6 is 0 Å². The van der Waals surface area contributed by atoms with E-state index in [1.54, 1.807) is 6.07 Å². The van der Waals surface area contributed by atoms with Crippen molar-refractivity contribution in [3.63, 3.8) is 0 Å². The second-order valence-electron chi connectivity index (χ2n) is 3.01. The fraction of sp³-hybridized carbons (Fsp3) is 0.364. The average molecular weight is 226 g/mol.